The van der Waals surface area contributed by atoms with Crippen LogP contribution in [0.1, 0.15) is 56.0 Å². The summed E-state index contributed by atoms with van der Waals surface area (Å²) >= 11 is 0. The Morgan fingerprint density at radius 2 is 1.94 bits per heavy atom. The highest BCUT2D eigenvalue weighted by atomic mass is 16.5. The summed E-state index contributed by atoms with van der Waals surface area (Å²) in [5, 5.41) is 9.36. The number of hydrogen-bond donors (Lipinski definition) is 0. The van der Waals surface area contributed by atoms with E-state index >= 15 is 0 Å². The van der Waals surface area contributed by atoms with E-state index in [0.717, 1.165) is 71.9 Å². The molecule has 0 saturated carbocycles. The minimum absolute atomic E-state index is 0.0158. The zero-order valence-electron chi connectivity index (χ0n) is 22.5. The predicted octanol–water partition coefficient (Wildman–Crippen LogP) is 5.73. The van der Waals surface area contributed by atoms with Gasteiger partial charge < -0.3 is 9.47 Å². The summed E-state index contributed by atoms with van der Waals surface area (Å²) < 4.78 is 16.5. The topological polar surface area (TPSA) is 57.3 Å². The first-order valence-corrected chi connectivity index (χ1v) is 12.9. The molecule has 0 saturated heterocycles. The number of hydrogen-bond acceptors (Lipinski definition) is 5. The van der Waals surface area contributed by atoms with Gasteiger partial charge >= 0.3 is 0 Å². The molecule has 3 aromatic rings. The van der Waals surface area contributed by atoms with E-state index in [1.54, 1.807) is 0 Å². The molecule has 2 aromatic heterocycles. The average molecular weight is 490 g/mol. The number of rotatable bonds is 5. The second-order valence-corrected chi connectivity index (χ2v) is 9.54. The molecule has 192 valence electrons. The highest BCUT2D eigenvalue weighted by Crippen LogP contribution is 2.34. The number of aromatic nitrogens is 4. The Kier molecular flexibility index (Phi) is 7.99. The van der Waals surface area contributed by atoms with Gasteiger partial charge in [0.15, 0.2) is 0 Å². The van der Waals surface area contributed by atoms with Gasteiger partial charge in [0.1, 0.15) is 6.10 Å². The van der Waals surface area contributed by atoms with Gasteiger partial charge in [0.25, 0.3) is 0 Å². The maximum Gasteiger partial charge on any atom is 0.240 e. The predicted molar refractivity (Wildman–Crippen MR) is 146 cm³/mol. The SMILES string of the molecule is C=C1/C=C/c2c(OCC)nn(CCC)c2CN(C)CC(CC)Oc2c(cnn2C)-c2ccc(C)c1c2. The van der Waals surface area contributed by atoms with Crippen molar-refractivity contribution >= 4 is 11.6 Å². The molecule has 1 unspecified atom stereocenters. The lowest BCUT2D eigenvalue weighted by molar-refractivity contribution is 0.129. The van der Waals surface area contributed by atoms with Crippen LogP contribution in [-0.2, 0) is 20.1 Å². The second kappa shape index (κ2) is 11.2. The Labute approximate surface area is 215 Å². The van der Waals surface area contributed by atoms with Crippen LogP contribution in [-0.4, -0.2) is 50.8 Å². The molecular weight excluding hydrogens is 450 g/mol. The highest BCUT2D eigenvalue weighted by Gasteiger charge is 2.23. The smallest absolute Gasteiger partial charge is 0.240 e. The maximum absolute atomic E-state index is 6.60. The largest absolute Gasteiger partial charge is 0.476 e. The number of benzene rings is 1. The van der Waals surface area contributed by atoms with E-state index in [4.69, 9.17) is 14.6 Å². The van der Waals surface area contributed by atoms with Gasteiger partial charge in [-0.2, -0.15) is 5.10 Å². The van der Waals surface area contributed by atoms with Crippen LogP contribution in [0, 0.1) is 6.92 Å². The lowest BCUT2D eigenvalue weighted by Crippen LogP contribution is -2.33. The Balaban J connectivity index is 1.88. The monoisotopic (exact) mass is 489 g/mol. The molecule has 0 fully saturated rings. The molecule has 2 bridgehead atoms. The number of aryl methyl sites for hydroxylation is 3. The van der Waals surface area contributed by atoms with E-state index in [-0.39, 0.29) is 6.10 Å². The Bertz CT molecular complexity index is 1250. The van der Waals surface area contributed by atoms with Crippen molar-refractivity contribution in [2.45, 2.75) is 59.7 Å². The van der Waals surface area contributed by atoms with E-state index in [9.17, 15) is 0 Å². The van der Waals surface area contributed by atoms with E-state index in [0.29, 0.717) is 12.5 Å². The number of nitrogens with zero attached hydrogens (tertiary/aromatic N) is 5. The van der Waals surface area contributed by atoms with Gasteiger partial charge in [0.05, 0.1) is 29.6 Å². The van der Waals surface area contributed by atoms with Crippen molar-refractivity contribution in [2.24, 2.45) is 7.05 Å². The number of allylic oxidation sites excluding steroid dienone is 2. The van der Waals surface area contributed by atoms with Crippen molar-refractivity contribution in [2.75, 3.05) is 20.2 Å². The number of ether oxygens (including phenoxy) is 2. The molecule has 0 amide bonds. The molecule has 7 nitrogen and oxygen atoms in total. The van der Waals surface area contributed by atoms with E-state index in [2.05, 4.69) is 79.4 Å². The minimum Gasteiger partial charge on any atom is -0.476 e. The quantitative estimate of drug-likeness (QED) is 0.458. The Morgan fingerprint density at radius 1 is 1.14 bits per heavy atom. The molecule has 7 heteroatoms. The van der Waals surface area contributed by atoms with Crippen molar-refractivity contribution in [1.29, 1.82) is 0 Å². The Morgan fingerprint density at radius 3 is 2.67 bits per heavy atom. The molecule has 36 heavy (non-hydrogen) atoms. The van der Waals surface area contributed by atoms with Crippen LogP contribution >= 0.6 is 0 Å². The molecule has 1 aromatic carbocycles. The zero-order valence-corrected chi connectivity index (χ0v) is 22.5. The minimum atomic E-state index is 0.0158. The highest BCUT2D eigenvalue weighted by molar-refractivity contribution is 5.83. The van der Waals surface area contributed by atoms with Gasteiger partial charge in [-0.25, -0.2) is 4.68 Å². The van der Waals surface area contributed by atoms with E-state index < -0.39 is 0 Å². The first-order chi connectivity index (χ1) is 17.4. The third-order valence-corrected chi connectivity index (χ3v) is 6.68. The molecule has 4 rings (SSSR count). The zero-order chi connectivity index (χ0) is 25.8. The van der Waals surface area contributed by atoms with Gasteiger partial charge in [0.2, 0.25) is 11.8 Å². The molecule has 1 atom stereocenters. The number of fused-ring (bicyclic) bond motifs is 5. The third-order valence-electron chi connectivity index (χ3n) is 6.68. The molecule has 0 aliphatic carbocycles. The van der Waals surface area contributed by atoms with Crippen LogP contribution in [0.2, 0.25) is 0 Å². The van der Waals surface area contributed by atoms with Gasteiger partial charge in [-0.1, -0.05) is 38.6 Å². The van der Waals surface area contributed by atoms with Crippen LogP contribution in [0.3, 0.4) is 0 Å². The summed E-state index contributed by atoms with van der Waals surface area (Å²) in [7, 11) is 4.07. The van der Waals surface area contributed by atoms with Crippen LogP contribution < -0.4 is 9.47 Å². The van der Waals surface area contributed by atoms with Gasteiger partial charge in [-0.3, -0.25) is 9.58 Å². The fourth-order valence-electron chi connectivity index (χ4n) is 4.71. The molecule has 0 spiro atoms. The van der Waals surface area contributed by atoms with Crippen molar-refractivity contribution < 1.29 is 9.47 Å². The first kappa shape index (κ1) is 25.8. The molecule has 0 radical (unpaired) electrons. The van der Waals surface area contributed by atoms with E-state index in [1.165, 1.54) is 5.56 Å². The summed E-state index contributed by atoms with van der Waals surface area (Å²) in [6, 6.07) is 6.45. The van der Waals surface area contributed by atoms with Crippen molar-refractivity contribution in [3.63, 3.8) is 0 Å². The lowest BCUT2D eigenvalue weighted by Gasteiger charge is -2.25. The third kappa shape index (κ3) is 5.26. The normalized spacial score (nSPS) is 17.5. The fraction of sp³-hybridized carbons (Fsp3) is 0.448. The maximum atomic E-state index is 6.60. The molecular formula is C29H39N5O2. The first-order valence-electron chi connectivity index (χ1n) is 12.9. The second-order valence-electron chi connectivity index (χ2n) is 9.54. The summed E-state index contributed by atoms with van der Waals surface area (Å²) in [6.45, 7) is 15.8. The summed E-state index contributed by atoms with van der Waals surface area (Å²) in [6.07, 6.45) is 7.99. The molecule has 1 aliphatic heterocycles. The van der Waals surface area contributed by atoms with Crippen LogP contribution in [0.15, 0.2) is 37.1 Å². The van der Waals surface area contributed by atoms with Crippen LogP contribution in [0.5, 0.6) is 11.8 Å². The van der Waals surface area contributed by atoms with Crippen LogP contribution in [0.25, 0.3) is 22.8 Å². The van der Waals surface area contributed by atoms with E-state index in [1.807, 2.05) is 24.9 Å². The molecule has 3 heterocycles. The number of likely N-dealkylation sites (N-methyl/N-ethyl adjacent to an activating group) is 1. The standard InChI is InChI=1S/C29H39N5O2/c1-8-15-34-27-19-32(6)18-23(9-2)36-29-26(17-30-33(29)7)22-13-11-20(4)25(16-22)21(5)12-14-24(27)28(31-34)35-10-3/h11-14,16-17,23H,5,8-10,15,18-19H2,1-4,6-7H3/b14-12+. The fourth-order valence-corrected chi connectivity index (χ4v) is 4.71. The summed E-state index contributed by atoms with van der Waals surface area (Å²) in [4.78, 5) is 2.30. The van der Waals surface area contributed by atoms with Gasteiger partial charge in [-0.15, -0.1) is 5.10 Å². The van der Waals surface area contributed by atoms with Crippen LogP contribution in [0.4, 0.5) is 0 Å². The lowest BCUT2D eigenvalue weighted by atomic mass is 9.96. The van der Waals surface area contributed by atoms with Crippen molar-refractivity contribution in [1.82, 2.24) is 24.5 Å². The van der Waals surface area contributed by atoms with Crippen molar-refractivity contribution in [3.8, 4) is 22.9 Å². The Hall–Kier alpha value is -3.32. The summed E-state index contributed by atoms with van der Waals surface area (Å²) in [5.74, 6) is 1.46. The van der Waals surface area contributed by atoms with Crippen molar-refractivity contribution in [3.05, 3.63) is 59.4 Å². The summed E-state index contributed by atoms with van der Waals surface area (Å²) in [5.41, 5.74) is 7.42. The van der Waals surface area contributed by atoms with Gasteiger partial charge in [0, 0.05) is 26.7 Å². The van der Waals surface area contributed by atoms with Gasteiger partial charge in [-0.05, 0) is 68.1 Å². The average Bonchev–Trinajstić information content (AvgIpc) is 3.37. The molecule has 1 aliphatic rings. The molecule has 0 N–H and O–H groups in total.